The third-order valence-corrected chi connectivity index (χ3v) is 2.40. The van der Waals surface area contributed by atoms with Crippen LogP contribution in [0.15, 0.2) is 24.2 Å². The summed E-state index contributed by atoms with van der Waals surface area (Å²) in [6, 6.07) is 0. The van der Waals surface area contributed by atoms with Gasteiger partial charge in [-0.2, -0.15) is 13.2 Å². The highest BCUT2D eigenvalue weighted by molar-refractivity contribution is 5.65. The van der Waals surface area contributed by atoms with Gasteiger partial charge in [0.25, 0.3) is 0 Å². The maximum absolute atomic E-state index is 12.5. The van der Waals surface area contributed by atoms with E-state index in [0.29, 0.717) is 17.9 Å². The molecule has 0 aliphatic carbocycles. The van der Waals surface area contributed by atoms with Gasteiger partial charge in [-0.3, -0.25) is 0 Å². The molecular weight excluding hydrogens is 233 g/mol. The molecule has 1 aromatic rings. The first-order valence-corrected chi connectivity index (χ1v) is 4.92. The number of alkyl halides is 3. The van der Waals surface area contributed by atoms with Crippen molar-refractivity contribution in [1.29, 1.82) is 0 Å². The van der Waals surface area contributed by atoms with Crippen LogP contribution < -0.4 is 11.1 Å². The topological polar surface area (TPSA) is 55.9 Å². The van der Waals surface area contributed by atoms with Gasteiger partial charge in [0.2, 0.25) is 0 Å². The highest BCUT2D eigenvalue weighted by atomic mass is 19.4. The molecule has 2 rings (SSSR count). The Balaban J connectivity index is 2.44. The fraction of sp³-hybridized carbons (Fsp3) is 0.300. The van der Waals surface area contributed by atoms with Gasteiger partial charge in [0, 0.05) is 18.9 Å². The molecule has 0 fully saturated rings. The molecule has 0 spiro atoms. The zero-order chi connectivity index (χ0) is 12.6. The van der Waals surface area contributed by atoms with Gasteiger partial charge in [0.15, 0.2) is 5.69 Å². The predicted molar refractivity (Wildman–Crippen MR) is 56.5 cm³/mol. The molecule has 7 heteroatoms. The number of dihydropyridines is 1. The number of imidazole rings is 1. The minimum absolute atomic E-state index is 0.252. The van der Waals surface area contributed by atoms with Gasteiger partial charge in [-0.25, -0.2) is 4.98 Å². The molecule has 3 N–H and O–H groups in total. The van der Waals surface area contributed by atoms with Crippen molar-refractivity contribution in [3.63, 3.8) is 0 Å². The smallest absolute Gasteiger partial charge is 0.396 e. The summed E-state index contributed by atoms with van der Waals surface area (Å²) in [4.78, 5) is 3.49. The lowest BCUT2D eigenvalue weighted by Crippen LogP contribution is -2.19. The molecule has 17 heavy (non-hydrogen) atoms. The largest absolute Gasteiger partial charge is 0.434 e. The summed E-state index contributed by atoms with van der Waals surface area (Å²) >= 11 is 0. The Kier molecular flexibility index (Phi) is 2.60. The minimum Gasteiger partial charge on any atom is -0.396 e. The van der Waals surface area contributed by atoms with E-state index < -0.39 is 11.9 Å². The number of hydrogen-bond donors (Lipinski definition) is 2. The van der Waals surface area contributed by atoms with Crippen molar-refractivity contribution in [2.45, 2.75) is 13.1 Å². The molecule has 0 saturated heterocycles. The van der Waals surface area contributed by atoms with Gasteiger partial charge < -0.3 is 15.6 Å². The summed E-state index contributed by atoms with van der Waals surface area (Å²) in [6.07, 6.45) is -0.221. The highest BCUT2D eigenvalue weighted by Gasteiger charge is 2.34. The highest BCUT2D eigenvalue weighted by Crippen LogP contribution is 2.29. The molecule has 0 saturated carbocycles. The van der Waals surface area contributed by atoms with Crippen molar-refractivity contribution in [2.24, 2.45) is 5.73 Å². The normalized spacial score (nSPS) is 16.2. The molecule has 4 nitrogen and oxygen atoms in total. The molecule has 0 atom stereocenters. The number of allylic oxidation sites excluding steroid dienone is 1. The summed E-state index contributed by atoms with van der Waals surface area (Å²) in [5.41, 5.74) is 5.68. The number of aryl methyl sites for hydroxylation is 1. The number of aromatic nitrogens is 2. The average Bonchev–Trinajstić information content (AvgIpc) is 2.61. The van der Waals surface area contributed by atoms with Crippen LogP contribution in [0.25, 0.3) is 5.70 Å². The Labute approximate surface area is 95.6 Å². The maximum atomic E-state index is 12.5. The van der Waals surface area contributed by atoms with E-state index in [1.54, 1.807) is 12.3 Å². The fourth-order valence-corrected chi connectivity index (χ4v) is 1.61. The van der Waals surface area contributed by atoms with E-state index in [2.05, 4.69) is 10.3 Å². The zero-order valence-electron chi connectivity index (χ0n) is 9.04. The summed E-state index contributed by atoms with van der Waals surface area (Å²) in [7, 11) is 0. The summed E-state index contributed by atoms with van der Waals surface area (Å²) in [5, 5.41) is 2.87. The fourth-order valence-electron chi connectivity index (χ4n) is 1.61. The van der Waals surface area contributed by atoms with Crippen LogP contribution in [0.1, 0.15) is 11.5 Å². The second kappa shape index (κ2) is 3.83. The van der Waals surface area contributed by atoms with Crippen molar-refractivity contribution in [3.05, 3.63) is 35.7 Å². The lowest BCUT2D eigenvalue weighted by atomic mass is 10.2. The molecule has 0 bridgehead atoms. The van der Waals surface area contributed by atoms with Crippen LogP contribution in [-0.4, -0.2) is 16.1 Å². The monoisotopic (exact) mass is 244 g/mol. The van der Waals surface area contributed by atoms with Gasteiger partial charge in [0.1, 0.15) is 5.82 Å². The van der Waals surface area contributed by atoms with Crippen LogP contribution in [0.5, 0.6) is 0 Å². The van der Waals surface area contributed by atoms with Crippen LogP contribution in [0.2, 0.25) is 0 Å². The molecule has 1 aliphatic heterocycles. The number of halogens is 3. The van der Waals surface area contributed by atoms with E-state index >= 15 is 0 Å². The molecule has 1 aliphatic rings. The van der Waals surface area contributed by atoms with Gasteiger partial charge in [0.05, 0.1) is 11.4 Å². The van der Waals surface area contributed by atoms with Crippen molar-refractivity contribution < 1.29 is 13.2 Å². The van der Waals surface area contributed by atoms with Gasteiger partial charge in [-0.15, -0.1) is 0 Å². The van der Waals surface area contributed by atoms with Crippen molar-refractivity contribution in [1.82, 2.24) is 14.9 Å². The van der Waals surface area contributed by atoms with Crippen LogP contribution in [-0.2, 0) is 6.18 Å². The number of rotatable bonds is 1. The Morgan fingerprint density at radius 3 is 2.71 bits per heavy atom. The Morgan fingerprint density at radius 1 is 1.47 bits per heavy atom. The third kappa shape index (κ3) is 2.13. The van der Waals surface area contributed by atoms with Crippen LogP contribution >= 0.6 is 0 Å². The second-order valence-electron chi connectivity index (χ2n) is 3.64. The molecule has 2 heterocycles. The van der Waals surface area contributed by atoms with E-state index in [1.165, 1.54) is 11.5 Å². The summed E-state index contributed by atoms with van der Waals surface area (Å²) < 4.78 is 38.8. The predicted octanol–water partition coefficient (Wildman–Crippen LogP) is 1.45. The van der Waals surface area contributed by atoms with E-state index in [9.17, 15) is 13.2 Å². The lowest BCUT2D eigenvalue weighted by Gasteiger charge is -2.15. The zero-order valence-corrected chi connectivity index (χ0v) is 9.04. The third-order valence-electron chi connectivity index (χ3n) is 2.40. The first kappa shape index (κ1) is 11.6. The number of hydrogen-bond acceptors (Lipinski definition) is 3. The molecule has 92 valence electrons. The van der Waals surface area contributed by atoms with Crippen molar-refractivity contribution >= 4 is 5.70 Å². The summed E-state index contributed by atoms with van der Waals surface area (Å²) in [5.74, 6) is 0.252. The van der Waals surface area contributed by atoms with Crippen LogP contribution in [0.3, 0.4) is 0 Å². The minimum atomic E-state index is -4.44. The Bertz CT molecular complexity index is 496. The SMILES string of the molecule is Cc1nc(C(F)(F)F)cn1C1=CCNC=C1N. The van der Waals surface area contributed by atoms with Crippen LogP contribution in [0, 0.1) is 6.92 Å². The molecule has 0 radical (unpaired) electrons. The van der Waals surface area contributed by atoms with Crippen molar-refractivity contribution in [3.8, 4) is 0 Å². The summed E-state index contributed by atoms with van der Waals surface area (Å²) in [6.45, 7) is 2.03. The van der Waals surface area contributed by atoms with Gasteiger partial charge in [-0.1, -0.05) is 0 Å². The van der Waals surface area contributed by atoms with E-state index in [0.717, 1.165) is 6.20 Å². The van der Waals surface area contributed by atoms with E-state index in [1.807, 2.05) is 0 Å². The number of nitrogens with one attached hydrogen (secondary N) is 1. The number of nitrogens with zero attached hydrogens (tertiary/aromatic N) is 2. The lowest BCUT2D eigenvalue weighted by molar-refractivity contribution is -0.141. The van der Waals surface area contributed by atoms with Crippen molar-refractivity contribution in [2.75, 3.05) is 6.54 Å². The van der Waals surface area contributed by atoms with Crippen LogP contribution in [0.4, 0.5) is 13.2 Å². The first-order valence-electron chi connectivity index (χ1n) is 4.92. The molecule has 1 aromatic heterocycles. The second-order valence-corrected chi connectivity index (χ2v) is 3.64. The Hall–Kier alpha value is -1.92. The molecule has 0 unspecified atom stereocenters. The quantitative estimate of drug-likeness (QED) is 0.786. The average molecular weight is 244 g/mol. The van der Waals surface area contributed by atoms with Gasteiger partial charge >= 0.3 is 6.18 Å². The standard InChI is InChI=1S/C10H11F3N4/c1-6-16-9(10(11,12)13)5-17(6)8-2-3-15-4-7(8)14/h2,4-5,15H,3,14H2,1H3. The first-order chi connectivity index (χ1) is 7.89. The number of nitrogens with two attached hydrogens (primary N) is 1. The molecule has 0 amide bonds. The molecule has 0 aromatic carbocycles. The van der Waals surface area contributed by atoms with E-state index in [4.69, 9.17) is 5.73 Å². The maximum Gasteiger partial charge on any atom is 0.434 e. The van der Waals surface area contributed by atoms with E-state index in [-0.39, 0.29) is 5.82 Å². The Morgan fingerprint density at radius 2 is 2.18 bits per heavy atom. The van der Waals surface area contributed by atoms with Gasteiger partial charge in [-0.05, 0) is 13.0 Å². The molecular formula is C10H11F3N4.